The van der Waals surface area contributed by atoms with Gasteiger partial charge in [0.05, 0.1) is 12.1 Å². The maximum atomic E-state index is 9.90. The number of likely N-dealkylation sites (N-methyl/N-ethyl adjacent to an activating group) is 1. The van der Waals surface area contributed by atoms with Crippen LogP contribution >= 0.6 is 0 Å². The minimum absolute atomic E-state index is 0.130. The zero-order valence-corrected chi connectivity index (χ0v) is 12.8. The summed E-state index contributed by atoms with van der Waals surface area (Å²) in [6.45, 7) is 2.33. The summed E-state index contributed by atoms with van der Waals surface area (Å²) in [7, 11) is 4.14. The van der Waals surface area contributed by atoms with Crippen LogP contribution in [-0.4, -0.2) is 43.8 Å². The van der Waals surface area contributed by atoms with Crippen molar-refractivity contribution < 1.29 is 5.11 Å². The number of nitrogens with zero attached hydrogens (tertiary/aromatic N) is 1. The molecule has 3 heteroatoms. The first-order chi connectivity index (χ1) is 9.70. The fourth-order valence-corrected chi connectivity index (χ4v) is 3.01. The van der Waals surface area contributed by atoms with Gasteiger partial charge in [-0.15, -0.1) is 0 Å². The van der Waals surface area contributed by atoms with Gasteiger partial charge in [-0.2, -0.15) is 0 Å². The van der Waals surface area contributed by atoms with Gasteiger partial charge in [-0.1, -0.05) is 36.8 Å². The Labute approximate surface area is 123 Å². The molecule has 0 aromatic heterocycles. The minimum Gasteiger partial charge on any atom is -0.394 e. The molecular weight excluding hydrogens is 248 g/mol. The average molecular weight is 276 g/mol. The fraction of sp³-hybridized carbons (Fsp3) is 0.647. The van der Waals surface area contributed by atoms with Gasteiger partial charge in [-0.3, -0.25) is 0 Å². The van der Waals surface area contributed by atoms with Crippen LogP contribution in [0, 0.1) is 5.92 Å². The third-order valence-corrected chi connectivity index (χ3v) is 4.79. The van der Waals surface area contributed by atoms with Gasteiger partial charge < -0.3 is 15.3 Å². The molecule has 112 valence electrons. The van der Waals surface area contributed by atoms with Crippen molar-refractivity contribution in [2.24, 2.45) is 5.92 Å². The molecule has 20 heavy (non-hydrogen) atoms. The quantitative estimate of drug-likeness (QED) is 0.764. The van der Waals surface area contributed by atoms with E-state index in [0.29, 0.717) is 0 Å². The van der Waals surface area contributed by atoms with E-state index < -0.39 is 0 Å². The average Bonchev–Trinajstić information content (AvgIpc) is 2.46. The summed E-state index contributed by atoms with van der Waals surface area (Å²) in [4.78, 5) is 2.41. The smallest absolute Gasteiger partial charge is 0.0678 e. The molecule has 1 aliphatic rings. The Morgan fingerprint density at radius 1 is 1.30 bits per heavy atom. The Balaban J connectivity index is 1.94. The lowest BCUT2D eigenvalue weighted by Gasteiger charge is -2.35. The van der Waals surface area contributed by atoms with Gasteiger partial charge in [0, 0.05) is 13.1 Å². The summed E-state index contributed by atoms with van der Waals surface area (Å²) >= 11 is 0. The number of nitrogens with one attached hydrogen (secondary N) is 1. The van der Waals surface area contributed by atoms with Crippen molar-refractivity contribution >= 4 is 0 Å². The number of aliphatic hydroxyl groups excluding tert-OH is 1. The lowest BCUT2D eigenvalue weighted by molar-refractivity contribution is 0.133. The molecule has 3 nitrogen and oxygen atoms in total. The number of benzene rings is 1. The Hall–Kier alpha value is -0.900. The lowest BCUT2D eigenvalue weighted by Crippen LogP contribution is -2.46. The maximum absolute atomic E-state index is 9.90. The second-order valence-electron chi connectivity index (χ2n) is 6.17. The summed E-state index contributed by atoms with van der Waals surface area (Å²) in [6, 6.07) is 10.3. The van der Waals surface area contributed by atoms with Crippen LogP contribution in [-0.2, 0) is 5.54 Å². The van der Waals surface area contributed by atoms with E-state index in [1.54, 1.807) is 0 Å². The summed E-state index contributed by atoms with van der Waals surface area (Å²) in [5.41, 5.74) is 0.844. The van der Waals surface area contributed by atoms with Crippen molar-refractivity contribution in [2.45, 2.75) is 31.2 Å². The van der Waals surface area contributed by atoms with Crippen molar-refractivity contribution in [1.29, 1.82) is 0 Å². The van der Waals surface area contributed by atoms with Crippen LogP contribution in [0.1, 0.15) is 31.2 Å². The van der Waals surface area contributed by atoms with Crippen molar-refractivity contribution in [3.63, 3.8) is 0 Å². The SMILES string of the molecule is CNC(CO)(CCN(C)CC1CCC1)c1ccccc1. The number of rotatable bonds is 8. The Kier molecular flexibility index (Phi) is 5.58. The highest BCUT2D eigenvalue weighted by Gasteiger charge is 2.30. The molecule has 2 rings (SSSR count). The van der Waals surface area contributed by atoms with Crippen LogP contribution in [0.15, 0.2) is 30.3 Å². The van der Waals surface area contributed by atoms with E-state index in [1.165, 1.54) is 31.4 Å². The molecule has 0 heterocycles. The van der Waals surface area contributed by atoms with E-state index in [2.05, 4.69) is 29.4 Å². The van der Waals surface area contributed by atoms with Crippen LogP contribution < -0.4 is 5.32 Å². The molecule has 1 aliphatic carbocycles. The zero-order chi connectivity index (χ0) is 14.4. The van der Waals surface area contributed by atoms with E-state index in [-0.39, 0.29) is 12.1 Å². The van der Waals surface area contributed by atoms with Crippen molar-refractivity contribution in [2.75, 3.05) is 33.8 Å². The second-order valence-corrected chi connectivity index (χ2v) is 6.17. The second kappa shape index (κ2) is 7.21. The van der Waals surface area contributed by atoms with Crippen molar-refractivity contribution in [3.8, 4) is 0 Å². The third-order valence-electron chi connectivity index (χ3n) is 4.79. The van der Waals surface area contributed by atoms with E-state index in [0.717, 1.165) is 18.9 Å². The van der Waals surface area contributed by atoms with Crippen LogP contribution in [0.4, 0.5) is 0 Å². The molecule has 1 saturated carbocycles. The van der Waals surface area contributed by atoms with E-state index in [1.807, 2.05) is 25.2 Å². The van der Waals surface area contributed by atoms with Crippen molar-refractivity contribution in [3.05, 3.63) is 35.9 Å². The molecule has 1 atom stereocenters. The van der Waals surface area contributed by atoms with Crippen LogP contribution in [0.2, 0.25) is 0 Å². The molecule has 1 fully saturated rings. The van der Waals surface area contributed by atoms with Crippen LogP contribution in [0.3, 0.4) is 0 Å². The summed E-state index contributed by atoms with van der Waals surface area (Å²) < 4.78 is 0. The van der Waals surface area contributed by atoms with Crippen LogP contribution in [0.5, 0.6) is 0 Å². The third kappa shape index (κ3) is 3.60. The van der Waals surface area contributed by atoms with Gasteiger partial charge in [0.1, 0.15) is 0 Å². The van der Waals surface area contributed by atoms with Gasteiger partial charge in [0.2, 0.25) is 0 Å². The van der Waals surface area contributed by atoms with Gasteiger partial charge in [0.15, 0.2) is 0 Å². The van der Waals surface area contributed by atoms with Crippen LogP contribution in [0.25, 0.3) is 0 Å². The van der Waals surface area contributed by atoms with Gasteiger partial charge in [0.25, 0.3) is 0 Å². The zero-order valence-electron chi connectivity index (χ0n) is 12.8. The summed E-state index contributed by atoms with van der Waals surface area (Å²) in [5, 5.41) is 13.2. The first-order valence-electron chi connectivity index (χ1n) is 7.74. The lowest BCUT2D eigenvalue weighted by atomic mass is 9.84. The molecule has 2 N–H and O–H groups in total. The molecule has 1 aromatic carbocycles. The summed E-state index contributed by atoms with van der Waals surface area (Å²) in [5.74, 6) is 0.898. The molecule has 0 bridgehead atoms. The minimum atomic E-state index is -0.324. The van der Waals surface area contributed by atoms with E-state index in [4.69, 9.17) is 0 Å². The normalized spacial score (nSPS) is 18.8. The molecule has 0 aliphatic heterocycles. The highest BCUT2D eigenvalue weighted by Crippen LogP contribution is 2.28. The van der Waals surface area contributed by atoms with E-state index in [9.17, 15) is 5.11 Å². The first-order valence-corrected chi connectivity index (χ1v) is 7.74. The molecule has 0 amide bonds. The largest absolute Gasteiger partial charge is 0.394 e. The predicted molar refractivity (Wildman–Crippen MR) is 83.7 cm³/mol. The molecule has 0 saturated heterocycles. The predicted octanol–water partition coefficient (Wildman–Crippen LogP) is 2.22. The Morgan fingerprint density at radius 2 is 2.00 bits per heavy atom. The monoisotopic (exact) mass is 276 g/mol. The molecular formula is C17H28N2O. The van der Waals surface area contributed by atoms with Crippen molar-refractivity contribution in [1.82, 2.24) is 10.2 Å². The topological polar surface area (TPSA) is 35.5 Å². The molecule has 1 aromatic rings. The highest BCUT2D eigenvalue weighted by atomic mass is 16.3. The number of hydrogen-bond acceptors (Lipinski definition) is 3. The van der Waals surface area contributed by atoms with Gasteiger partial charge in [-0.05, 0) is 44.8 Å². The maximum Gasteiger partial charge on any atom is 0.0678 e. The fourth-order valence-electron chi connectivity index (χ4n) is 3.01. The molecule has 1 unspecified atom stereocenters. The van der Waals surface area contributed by atoms with Gasteiger partial charge in [-0.25, -0.2) is 0 Å². The first kappa shape index (κ1) is 15.5. The Bertz CT molecular complexity index is 385. The number of hydrogen-bond donors (Lipinski definition) is 2. The molecule has 0 radical (unpaired) electrons. The molecule has 0 spiro atoms. The summed E-state index contributed by atoms with van der Waals surface area (Å²) in [6.07, 6.45) is 5.10. The van der Waals surface area contributed by atoms with Gasteiger partial charge >= 0.3 is 0 Å². The Morgan fingerprint density at radius 3 is 2.50 bits per heavy atom. The van der Waals surface area contributed by atoms with E-state index >= 15 is 0 Å². The number of aliphatic hydroxyl groups is 1. The standard InChI is InChI=1S/C17H28N2O/c1-18-17(14-20,16-9-4-3-5-10-16)11-12-19(2)13-15-7-6-8-15/h3-5,9-10,15,18,20H,6-8,11-14H2,1-2H3. The highest BCUT2D eigenvalue weighted by molar-refractivity contribution is 5.24.